The molecule has 1 saturated carbocycles. The first-order valence-electron chi connectivity index (χ1n) is 8.79. The number of aliphatic hydroxyl groups is 3. The van der Waals surface area contributed by atoms with Gasteiger partial charge in [-0.2, -0.15) is 4.98 Å². The lowest BCUT2D eigenvalue weighted by molar-refractivity contribution is 0.00446. The van der Waals surface area contributed by atoms with Gasteiger partial charge < -0.3 is 26.4 Å². The zero-order valence-corrected chi connectivity index (χ0v) is 14.5. The molecule has 1 aliphatic carbocycles. The molecule has 0 spiro atoms. The second kappa shape index (κ2) is 7.07. The van der Waals surface area contributed by atoms with Crippen LogP contribution >= 0.6 is 0 Å². The van der Waals surface area contributed by atoms with Gasteiger partial charge >= 0.3 is 0 Å². The third-order valence-corrected chi connectivity index (χ3v) is 5.04. The number of fused-ring (bicyclic) bond motifs is 1. The maximum atomic E-state index is 10.3. The highest BCUT2D eigenvalue weighted by molar-refractivity contribution is 5.83. The van der Waals surface area contributed by atoms with Crippen LogP contribution in [0, 0.1) is 5.92 Å². The summed E-state index contributed by atoms with van der Waals surface area (Å²) in [5.41, 5.74) is 7.91. The zero-order chi connectivity index (χ0) is 19.0. The van der Waals surface area contributed by atoms with E-state index in [1.807, 2.05) is 36.4 Å². The number of nitrogens with zero attached hydrogens (tertiary/aromatic N) is 3. The van der Waals surface area contributed by atoms with E-state index in [9.17, 15) is 15.3 Å². The van der Waals surface area contributed by atoms with Crippen molar-refractivity contribution >= 4 is 22.7 Å². The van der Waals surface area contributed by atoms with Gasteiger partial charge in [0.2, 0.25) is 5.95 Å². The van der Waals surface area contributed by atoms with Crippen LogP contribution in [0.3, 0.4) is 0 Å². The van der Waals surface area contributed by atoms with Crippen LogP contribution in [0.2, 0.25) is 0 Å². The SMILES string of the molecule is Nc1ncc(-c2ccc3ccccc3n2)c(NC2CC(CO)C(O)C2O)n1. The van der Waals surface area contributed by atoms with E-state index in [1.54, 1.807) is 6.20 Å². The van der Waals surface area contributed by atoms with Gasteiger partial charge in [-0.15, -0.1) is 0 Å². The topological polar surface area (TPSA) is 137 Å². The van der Waals surface area contributed by atoms with Crippen molar-refractivity contribution in [2.24, 2.45) is 5.92 Å². The van der Waals surface area contributed by atoms with Gasteiger partial charge in [0.05, 0.1) is 28.9 Å². The average molecular weight is 367 g/mol. The minimum atomic E-state index is -1.02. The third kappa shape index (κ3) is 3.30. The number of benzene rings is 1. The van der Waals surface area contributed by atoms with Crippen molar-refractivity contribution in [3.8, 4) is 11.3 Å². The number of rotatable bonds is 4. The van der Waals surface area contributed by atoms with Crippen molar-refractivity contribution < 1.29 is 15.3 Å². The second-order valence-electron chi connectivity index (χ2n) is 6.79. The number of anilines is 2. The number of nitrogens with two attached hydrogens (primary N) is 1. The standard InChI is InChI=1S/C19H21N5O3/c20-19-21-8-12(14-6-5-10-3-1-2-4-13(10)22-14)18(24-19)23-15-7-11(9-25)16(26)17(15)27/h1-6,8,11,15-17,25-27H,7,9H2,(H3,20,21,23,24). The predicted octanol–water partition coefficient (Wildman–Crippen LogP) is 0.788. The van der Waals surface area contributed by atoms with Crippen LogP contribution < -0.4 is 11.1 Å². The summed E-state index contributed by atoms with van der Waals surface area (Å²) >= 11 is 0. The Balaban J connectivity index is 1.70. The van der Waals surface area contributed by atoms with Gasteiger partial charge in [0.1, 0.15) is 11.9 Å². The Hall–Kier alpha value is -2.81. The quantitative estimate of drug-likeness (QED) is 0.456. The molecule has 4 unspecified atom stereocenters. The van der Waals surface area contributed by atoms with Gasteiger partial charge in [-0.1, -0.05) is 24.3 Å². The summed E-state index contributed by atoms with van der Waals surface area (Å²) in [4.78, 5) is 13.0. The van der Waals surface area contributed by atoms with Gasteiger partial charge in [-0.25, -0.2) is 9.97 Å². The Morgan fingerprint density at radius 1 is 1.07 bits per heavy atom. The molecule has 0 radical (unpaired) electrons. The molecule has 0 bridgehead atoms. The lowest BCUT2D eigenvalue weighted by Gasteiger charge is -2.20. The summed E-state index contributed by atoms with van der Waals surface area (Å²) in [5, 5.41) is 33.9. The minimum Gasteiger partial charge on any atom is -0.396 e. The van der Waals surface area contributed by atoms with Gasteiger partial charge in [-0.3, -0.25) is 0 Å². The molecule has 8 nitrogen and oxygen atoms in total. The highest BCUT2D eigenvalue weighted by atomic mass is 16.3. The second-order valence-corrected chi connectivity index (χ2v) is 6.79. The largest absolute Gasteiger partial charge is 0.396 e. The maximum absolute atomic E-state index is 10.3. The number of aromatic nitrogens is 3. The molecule has 0 aliphatic heterocycles. The highest BCUT2D eigenvalue weighted by Gasteiger charge is 2.41. The molecule has 1 aromatic carbocycles. The Kier molecular flexibility index (Phi) is 4.61. The van der Waals surface area contributed by atoms with E-state index in [0.29, 0.717) is 23.5 Å². The number of para-hydroxylation sites is 1. The number of pyridine rings is 1. The molecule has 6 N–H and O–H groups in total. The fourth-order valence-corrected chi connectivity index (χ4v) is 3.53. The van der Waals surface area contributed by atoms with E-state index in [-0.39, 0.29) is 18.5 Å². The van der Waals surface area contributed by atoms with Gasteiger partial charge in [0.25, 0.3) is 0 Å². The van der Waals surface area contributed by atoms with Crippen molar-refractivity contribution in [2.45, 2.75) is 24.7 Å². The summed E-state index contributed by atoms with van der Waals surface area (Å²) < 4.78 is 0. The van der Waals surface area contributed by atoms with Crippen LogP contribution in [-0.2, 0) is 0 Å². The smallest absolute Gasteiger partial charge is 0.221 e. The Bertz CT molecular complexity index is 967. The minimum absolute atomic E-state index is 0.0915. The molecule has 4 atom stereocenters. The summed E-state index contributed by atoms with van der Waals surface area (Å²) in [6, 6.07) is 11.2. The summed E-state index contributed by atoms with van der Waals surface area (Å²) in [5.74, 6) is 0.132. The monoisotopic (exact) mass is 367 g/mol. The van der Waals surface area contributed by atoms with Crippen LogP contribution in [0.4, 0.5) is 11.8 Å². The van der Waals surface area contributed by atoms with Gasteiger partial charge in [0.15, 0.2) is 0 Å². The average Bonchev–Trinajstić information content (AvgIpc) is 2.95. The van der Waals surface area contributed by atoms with Crippen molar-refractivity contribution in [3.63, 3.8) is 0 Å². The predicted molar refractivity (Wildman–Crippen MR) is 102 cm³/mol. The molecule has 27 heavy (non-hydrogen) atoms. The molecule has 2 heterocycles. The van der Waals surface area contributed by atoms with Crippen LogP contribution in [0.25, 0.3) is 22.2 Å². The zero-order valence-electron chi connectivity index (χ0n) is 14.5. The van der Waals surface area contributed by atoms with E-state index in [1.165, 1.54) is 0 Å². The van der Waals surface area contributed by atoms with E-state index < -0.39 is 18.2 Å². The Morgan fingerprint density at radius 3 is 2.67 bits per heavy atom. The first-order valence-corrected chi connectivity index (χ1v) is 8.79. The van der Waals surface area contributed by atoms with Gasteiger partial charge in [0, 0.05) is 24.1 Å². The lowest BCUT2D eigenvalue weighted by Crippen LogP contribution is -2.35. The fourth-order valence-electron chi connectivity index (χ4n) is 3.53. The molecule has 3 aromatic rings. The summed E-state index contributed by atoms with van der Waals surface area (Å²) in [6.07, 6.45) is -0.0131. The maximum Gasteiger partial charge on any atom is 0.221 e. The van der Waals surface area contributed by atoms with Crippen LogP contribution in [-0.4, -0.2) is 55.1 Å². The number of nitrogen functional groups attached to an aromatic ring is 1. The first kappa shape index (κ1) is 17.6. The molecule has 8 heteroatoms. The normalized spacial score (nSPS) is 25.0. The molecule has 0 saturated heterocycles. The van der Waals surface area contributed by atoms with Crippen LogP contribution in [0.1, 0.15) is 6.42 Å². The van der Waals surface area contributed by atoms with E-state index in [4.69, 9.17) is 5.73 Å². The van der Waals surface area contributed by atoms with E-state index in [0.717, 1.165) is 10.9 Å². The molecule has 4 rings (SSSR count). The summed E-state index contributed by atoms with van der Waals surface area (Å²) in [7, 11) is 0. The van der Waals surface area contributed by atoms with Crippen LogP contribution in [0.5, 0.6) is 0 Å². The Labute approximate surface area is 155 Å². The molecular formula is C19H21N5O3. The lowest BCUT2D eigenvalue weighted by atomic mass is 10.1. The molecular weight excluding hydrogens is 346 g/mol. The van der Waals surface area contributed by atoms with Crippen molar-refractivity contribution in [1.29, 1.82) is 0 Å². The molecule has 140 valence electrons. The first-order chi connectivity index (χ1) is 13.1. The van der Waals surface area contributed by atoms with E-state index >= 15 is 0 Å². The number of hydrogen-bond acceptors (Lipinski definition) is 8. The number of hydrogen-bond donors (Lipinski definition) is 5. The van der Waals surface area contributed by atoms with Crippen molar-refractivity contribution in [3.05, 3.63) is 42.6 Å². The Morgan fingerprint density at radius 2 is 1.89 bits per heavy atom. The summed E-state index contributed by atoms with van der Waals surface area (Å²) in [6.45, 7) is -0.193. The highest BCUT2D eigenvalue weighted by Crippen LogP contribution is 2.32. The molecule has 2 aromatic heterocycles. The van der Waals surface area contributed by atoms with Crippen molar-refractivity contribution in [2.75, 3.05) is 17.7 Å². The third-order valence-electron chi connectivity index (χ3n) is 5.04. The van der Waals surface area contributed by atoms with E-state index in [2.05, 4.69) is 20.3 Å². The molecule has 1 fully saturated rings. The van der Waals surface area contributed by atoms with Crippen LogP contribution in [0.15, 0.2) is 42.6 Å². The molecule has 1 aliphatic rings. The number of aliphatic hydroxyl groups excluding tert-OH is 3. The molecule has 0 amide bonds. The van der Waals surface area contributed by atoms with Gasteiger partial charge in [-0.05, 0) is 18.6 Å². The number of nitrogens with one attached hydrogen (secondary N) is 1. The fraction of sp³-hybridized carbons (Fsp3) is 0.316. The van der Waals surface area contributed by atoms with Crippen molar-refractivity contribution in [1.82, 2.24) is 15.0 Å².